The maximum atomic E-state index is 8.88. The summed E-state index contributed by atoms with van der Waals surface area (Å²) in [5, 5.41) is 0. The molecular weight excluding hydrogens is 309 g/mol. The summed E-state index contributed by atoms with van der Waals surface area (Å²) in [6.45, 7) is 0. The number of rotatable bonds is 0. The molecule has 0 rings (SSSR count). The van der Waals surface area contributed by atoms with E-state index in [2.05, 4.69) is 0 Å². The molecule has 0 aliphatic heterocycles. The predicted octanol–water partition coefficient (Wildman–Crippen LogP) is -2.49. The Hall–Kier alpha value is 1.63. The van der Waals surface area contributed by atoms with Gasteiger partial charge in [-0.05, 0) is 0 Å². The van der Waals surface area contributed by atoms with Gasteiger partial charge in [-0.1, -0.05) is 0 Å². The first-order valence-electron chi connectivity index (χ1n) is 0.783. The Labute approximate surface area is 72.9 Å². The number of hydrogen-bond acceptors (Lipinski definition) is 1. The van der Waals surface area contributed by atoms with Crippen LogP contribution in [0.2, 0.25) is 0 Å². The van der Waals surface area contributed by atoms with Crippen molar-refractivity contribution < 1.29 is 19.2 Å². The van der Waals surface area contributed by atoms with Gasteiger partial charge in [0.25, 0.3) is 0 Å². The van der Waals surface area contributed by atoms with Crippen molar-refractivity contribution in [1.29, 1.82) is 0 Å². The SMILES string of the molecule is O=P(O)(O)O.[LiH].[PbH2]. The zero-order valence-electron chi connectivity index (χ0n) is 2.90. The molecule has 0 aromatic carbocycles. The molecule has 0 saturated carbocycles. The van der Waals surface area contributed by atoms with E-state index < -0.39 is 7.82 Å². The molecule has 0 aromatic rings. The molecule has 2 radical (unpaired) electrons. The van der Waals surface area contributed by atoms with Crippen molar-refractivity contribution in [3.63, 3.8) is 0 Å². The van der Waals surface area contributed by atoms with Crippen LogP contribution in [0.25, 0.3) is 0 Å². The van der Waals surface area contributed by atoms with E-state index >= 15 is 0 Å². The third-order valence-electron chi connectivity index (χ3n) is 0. The van der Waals surface area contributed by atoms with Crippen molar-refractivity contribution >= 4 is 54.0 Å². The molecule has 0 aromatic heterocycles. The van der Waals surface area contributed by atoms with Gasteiger partial charge in [0.1, 0.15) is 0 Å². The fraction of sp³-hybridized carbons (Fsp3) is 0. The monoisotopic (exact) mass is 316 g/mol. The van der Waals surface area contributed by atoms with Gasteiger partial charge in [0.05, 0.1) is 0 Å². The third kappa shape index (κ3) is 91.1. The normalized spacial score (nSPS) is 8.43. The molecule has 0 aliphatic rings. The zero-order valence-corrected chi connectivity index (χ0v) is 9.30. The molecular formula is H6LiO4PPb. The second-order valence-corrected chi connectivity index (χ2v) is 1.54. The van der Waals surface area contributed by atoms with Crippen LogP contribution in [0.15, 0.2) is 0 Å². The Morgan fingerprint density at radius 2 is 1.14 bits per heavy atom. The van der Waals surface area contributed by atoms with Crippen molar-refractivity contribution in [2.24, 2.45) is 0 Å². The number of hydrogen-bond donors (Lipinski definition) is 3. The van der Waals surface area contributed by atoms with Gasteiger partial charge in [-0.3, -0.25) is 0 Å². The molecule has 0 saturated heterocycles. The molecule has 0 unspecified atom stereocenters. The second kappa shape index (κ2) is 5.76. The van der Waals surface area contributed by atoms with Crippen molar-refractivity contribution in [3.8, 4) is 0 Å². The van der Waals surface area contributed by atoms with Crippen LogP contribution >= 0.6 is 7.82 Å². The Bertz CT molecular complexity index is 57.8. The van der Waals surface area contributed by atoms with Gasteiger partial charge in [-0.15, -0.1) is 0 Å². The standard InChI is InChI=1S/Li.H3O4P.Pb.3H/c;1-5(2,3)4;;;;/h;(H3,1,2,3,4);;;;. The van der Waals surface area contributed by atoms with Gasteiger partial charge in [-0.2, -0.15) is 0 Å². The van der Waals surface area contributed by atoms with E-state index in [9.17, 15) is 0 Å². The van der Waals surface area contributed by atoms with Crippen LogP contribution in [0.1, 0.15) is 0 Å². The van der Waals surface area contributed by atoms with Gasteiger partial charge in [-0.25, -0.2) is 4.57 Å². The van der Waals surface area contributed by atoms with E-state index in [1.807, 2.05) is 0 Å². The minimum absolute atomic E-state index is 0. The molecule has 0 bridgehead atoms. The Morgan fingerprint density at radius 3 is 1.14 bits per heavy atom. The molecule has 0 aliphatic carbocycles. The van der Waals surface area contributed by atoms with Crippen molar-refractivity contribution in [3.05, 3.63) is 0 Å². The summed E-state index contributed by atoms with van der Waals surface area (Å²) in [6, 6.07) is 0. The molecule has 0 heterocycles. The van der Waals surface area contributed by atoms with E-state index in [4.69, 9.17) is 19.2 Å². The van der Waals surface area contributed by atoms with E-state index in [0.717, 1.165) is 0 Å². The Balaban J connectivity index is -0.0000000800. The van der Waals surface area contributed by atoms with Crippen LogP contribution in [0.4, 0.5) is 0 Å². The predicted molar refractivity (Wildman–Crippen MR) is 30.0 cm³/mol. The average Bonchev–Trinajstić information content (AvgIpc) is 0.722. The molecule has 0 spiro atoms. The van der Waals surface area contributed by atoms with Crippen LogP contribution in [-0.4, -0.2) is 60.8 Å². The fourth-order valence-electron chi connectivity index (χ4n) is 0. The molecule has 3 N–H and O–H groups in total. The molecule has 40 valence electrons. The molecule has 4 nitrogen and oxygen atoms in total. The average molecular weight is 315 g/mol. The number of phosphoric acid groups is 1. The van der Waals surface area contributed by atoms with Crippen LogP contribution in [-0.2, 0) is 4.57 Å². The van der Waals surface area contributed by atoms with Gasteiger partial charge < -0.3 is 14.7 Å². The minimum atomic E-state index is -4.64. The fourth-order valence-corrected chi connectivity index (χ4v) is 0. The van der Waals surface area contributed by atoms with E-state index in [-0.39, 0.29) is 46.2 Å². The van der Waals surface area contributed by atoms with E-state index in [1.54, 1.807) is 0 Å². The van der Waals surface area contributed by atoms with Gasteiger partial charge in [0.2, 0.25) is 0 Å². The second-order valence-electron chi connectivity index (χ2n) is 0.513. The van der Waals surface area contributed by atoms with E-state index in [1.165, 1.54) is 0 Å². The summed E-state index contributed by atoms with van der Waals surface area (Å²) >= 11 is 0. The summed E-state index contributed by atoms with van der Waals surface area (Å²) in [6.07, 6.45) is 0. The first-order valence-corrected chi connectivity index (χ1v) is 2.35. The molecule has 0 atom stereocenters. The first kappa shape index (κ1) is 15.9. The summed E-state index contributed by atoms with van der Waals surface area (Å²) in [5.41, 5.74) is 0. The summed E-state index contributed by atoms with van der Waals surface area (Å²) in [4.78, 5) is 21.6. The summed E-state index contributed by atoms with van der Waals surface area (Å²) in [5.74, 6) is 0. The van der Waals surface area contributed by atoms with Gasteiger partial charge >= 0.3 is 54.0 Å². The molecule has 0 amide bonds. The maximum absolute atomic E-state index is 8.88. The first-order chi connectivity index (χ1) is 2.00. The van der Waals surface area contributed by atoms with Crippen LogP contribution < -0.4 is 0 Å². The third-order valence-corrected chi connectivity index (χ3v) is 0. The Kier molecular flexibility index (Phi) is 13.0. The Morgan fingerprint density at radius 1 is 1.14 bits per heavy atom. The zero-order chi connectivity index (χ0) is 4.50. The summed E-state index contributed by atoms with van der Waals surface area (Å²) < 4.78 is 8.88. The quantitative estimate of drug-likeness (QED) is 0.341. The van der Waals surface area contributed by atoms with Crippen LogP contribution in [0, 0.1) is 0 Å². The van der Waals surface area contributed by atoms with Crippen LogP contribution in [0.5, 0.6) is 0 Å². The van der Waals surface area contributed by atoms with E-state index in [0.29, 0.717) is 0 Å². The van der Waals surface area contributed by atoms with Crippen LogP contribution in [0.3, 0.4) is 0 Å². The molecule has 0 fully saturated rings. The topological polar surface area (TPSA) is 77.8 Å². The van der Waals surface area contributed by atoms with Gasteiger partial charge in [0.15, 0.2) is 0 Å². The van der Waals surface area contributed by atoms with Crippen molar-refractivity contribution in [2.75, 3.05) is 0 Å². The van der Waals surface area contributed by atoms with Crippen molar-refractivity contribution in [1.82, 2.24) is 0 Å². The molecule has 7 heavy (non-hydrogen) atoms. The van der Waals surface area contributed by atoms with Crippen molar-refractivity contribution in [2.45, 2.75) is 0 Å². The van der Waals surface area contributed by atoms with Gasteiger partial charge in [0, 0.05) is 0 Å². The summed E-state index contributed by atoms with van der Waals surface area (Å²) in [7, 11) is -4.64. The molecule has 7 heteroatoms.